The number of nitrogens with two attached hydrogens (primary N) is 1. The van der Waals surface area contributed by atoms with Gasteiger partial charge in [0.25, 0.3) is 5.91 Å². The highest BCUT2D eigenvalue weighted by Crippen LogP contribution is 2.38. The van der Waals surface area contributed by atoms with Crippen molar-refractivity contribution >= 4 is 29.1 Å². The van der Waals surface area contributed by atoms with E-state index in [-0.39, 0.29) is 51.6 Å². The molecule has 43 heavy (non-hydrogen) atoms. The minimum Gasteiger partial charge on any atom is -0.434 e. The van der Waals surface area contributed by atoms with Crippen molar-refractivity contribution in [2.24, 2.45) is 5.73 Å². The predicted octanol–water partition coefficient (Wildman–Crippen LogP) is 4.40. The van der Waals surface area contributed by atoms with Crippen LogP contribution in [-0.4, -0.2) is 53.2 Å². The van der Waals surface area contributed by atoms with Gasteiger partial charge in [-0.1, -0.05) is 54.6 Å². The number of carbonyl (C=O) groups excluding carboxylic acids is 2. The molecule has 2 amide bonds. The van der Waals surface area contributed by atoms with Crippen LogP contribution >= 0.6 is 11.6 Å². The second-order valence-corrected chi connectivity index (χ2v) is 10.2. The Hall–Kier alpha value is -4.89. The van der Waals surface area contributed by atoms with Gasteiger partial charge in [0.1, 0.15) is 23.8 Å². The summed E-state index contributed by atoms with van der Waals surface area (Å²) in [5.74, 6) is -1.11. The van der Waals surface area contributed by atoms with Crippen molar-refractivity contribution in [3.05, 3.63) is 89.4 Å². The molecule has 1 fully saturated rings. The number of piperidine rings is 1. The first-order chi connectivity index (χ1) is 20.6. The van der Waals surface area contributed by atoms with Crippen LogP contribution in [0.3, 0.4) is 0 Å². The minimum absolute atomic E-state index is 0.0279. The fourth-order valence-corrected chi connectivity index (χ4v) is 5.10. The topological polar surface area (TPSA) is 138 Å². The molecular weight excluding hydrogens is 580 g/mol. The van der Waals surface area contributed by atoms with Gasteiger partial charge in [-0.2, -0.15) is 19.1 Å². The zero-order chi connectivity index (χ0) is 31.1. The van der Waals surface area contributed by atoms with Gasteiger partial charge in [0, 0.05) is 36.9 Å². The number of nitriles is 1. The largest absolute Gasteiger partial charge is 0.434 e. The fourth-order valence-electron chi connectivity index (χ4n) is 4.93. The number of hydrogen-bond donors (Lipinski definition) is 3. The molecule has 3 aromatic rings. The maximum Gasteiger partial charge on any atom is 0.387 e. The summed E-state index contributed by atoms with van der Waals surface area (Å²) >= 11 is 6.17. The molecule has 0 atom stereocenters. The summed E-state index contributed by atoms with van der Waals surface area (Å²) < 4.78 is 32.4. The molecule has 2 aromatic carbocycles. The number of hydrogen-bond acceptors (Lipinski definition) is 7. The molecule has 4 N–H and O–H groups in total. The van der Waals surface area contributed by atoms with Gasteiger partial charge in [0.15, 0.2) is 0 Å². The van der Waals surface area contributed by atoms with Crippen molar-refractivity contribution in [3.63, 3.8) is 0 Å². The summed E-state index contributed by atoms with van der Waals surface area (Å²) in [4.78, 5) is 28.1. The van der Waals surface area contributed by atoms with Crippen LogP contribution in [-0.2, 0) is 21.5 Å². The third-order valence-electron chi connectivity index (χ3n) is 7.24. The fraction of sp³-hybridized carbons (Fsp3) is 0.267. The average Bonchev–Trinajstić information content (AvgIpc) is 3.39. The van der Waals surface area contributed by atoms with Crippen LogP contribution in [0.15, 0.2) is 78.8 Å². The first-order valence-electron chi connectivity index (χ1n) is 13.3. The van der Waals surface area contributed by atoms with Crippen LogP contribution in [0.4, 0.5) is 14.5 Å². The Bertz CT molecular complexity index is 1580. The molecule has 224 valence electrons. The molecule has 0 bridgehead atoms. The first kappa shape index (κ1) is 31.1. The second-order valence-electron chi connectivity index (χ2n) is 9.78. The van der Waals surface area contributed by atoms with Crippen molar-refractivity contribution in [3.8, 4) is 23.1 Å². The number of benzene rings is 2. The van der Waals surface area contributed by atoms with Crippen molar-refractivity contribution < 1.29 is 23.1 Å². The van der Waals surface area contributed by atoms with Gasteiger partial charge in [-0.3, -0.25) is 14.3 Å². The van der Waals surface area contributed by atoms with E-state index in [0.29, 0.717) is 25.9 Å². The summed E-state index contributed by atoms with van der Waals surface area (Å²) in [7, 11) is 1.53. The molecule has 0 spiro atoms. The number of nitrogens with one attached hydrogen (secondary N) is 2. The Morgan fingerprint density at radius 2 is 1.95 bits per heavy atom. The van der Waals surface area contributed by atoms with Crippen molar-refractivity contribution in [1.82, 2.24) is 20.0 Å². The summed E-state index contributed by atoms with van der Waals surface area (Å²) in [6.45, 7) is 0.972. The lowest BCUT2D eigenvalue weighted by Gasteiger charge is -2.37. The van der Waals surface area contributed by atoms with Crippen LogP contribution in [0.25, 0.3) is 11.3 Å². The van der Waals surface area contributed by atoms with Crippen LogP contribution < -0.4 is 21.1 Å². The Morgan fingerprint density at radius 1 is 1.26 bits per heavy atom. The van der Waals surface area contributed by atoms with Crippen LogP contribution in [0, 0.1) is 11.3 Å². The van der Waals surface area contributed by atoms with Gasteiger partial charge in [-0.15, -0.1) is 0 Å². The number of halogens is 3. The molecule has 10 nitrogen and oxygen atoms in total. The Labute approximate surface area is 252 Å². The smallest absolute Gasteiger partial charge is 0.387 e. The summed E-state index contributed by atoms with van der Waals surface area (Å²) in [5.41, 5.74) is 6.33. The molecular formula is C30H30ClF2N7O3. The van der Waals surface area contributed by atoms with E-state index in [1.54, 1.807) is 4.90 Å². The van der Waals surface area contributed by atoms with E-state index >= 15 is 0 Å². The third-order valence-corrected chi connectivity index (χ3v) is 7.47. The summed E-state index contributed by atoms with van der Waals surface area (Å²) in [6, 6.07) is 15.9. The SMILES string of the molecule is C=C/C(C(=O)Nc1cn(CC(=O)N2CCC(C#N)(c3ccccc3)CC2)nc1-c1cc(Cl)ccc1OC(F)F)=C(\N)NC. The normalized spacial score (nSPS) is 14.8. The highest BCUT2D eigenvalue weighted by Gasteiger charge is 2.37. The molecule has 0 aliphatic carbocycles. The lowest BCUT2D eigenvalue weighted by molar-refractivity contribution is -0.133. The van der Waals surface area contributed by atoms with Gasteiger partial charge < -0.3 is 26.0 Å². The number of rotatable bonds is 10. The maximum absolute atomic E-state index is 13.3. The molecule has 0 saturated carbocycles. The van der Waals surface area contributed by atoms with Crippen molar-refractivity contribution in [2.45, 2.75) is 31.4 Å². The number of ether oxygens (including phenoxy) is 1. The van der Waals surface area contributed by atoms with Gasteiger partial charge in [0.05, 0.1) is 22.7 Å². The average molecular weight is 610 g/mol. The van der Waals surface area contributed by atoms with Gasteiger partial charge in [-0.05, 0) is 36.6 Å². The second kappa shape index (κ2) is 13.4. The highest BCUT2D eigenvalue weighted by atomic mass is 35.5. The van der Waals surface area contributed by atoms with Crippen molar-refractivity contribution in [2.75, 3.05) is 25.5 Å². The standard InChI is InChI=1S/C30H30ClF2N7O3/c1-3-21(27(35)36-2)28(42)37-23-16-40(38-26(23)22-15-20(31)9-10-24(22)43-29(32)33)17-25(41)39-13-11-30(18-34,12-14-39)19-7-5-4-6-8-19/h3-10,15-16,29,36H,1,11-14,17,35H2,2H3,(H,37,42)/b27-21-. The minimum atomic E-state index is -3.14. The van der Waals surface area contributed by atoms with E-state index in [1.165, 1.54) is 42.2 Å². The molecule has 0 radical (unpaired) electrons. The van der Waals surface area contributed by atoms with E-state index in [2.05, 4.69) is 33.1 Å². The number of aromatic nitrogens is 2. The Morgan fingerprint density at radius 3 is 2.56 bits per heavy atom. The van der Waals surface area contributed by atoms with Gasteiger partial charge in [0.2, 0.25) is 5.91 Å². The first-order valence-corrected chi connectivity index (χ1v) is 13.7. The van der Waals surface area contributed by atoms with E-state index in [4.69, 9.17) is 17.3 Å². The molecule has 1 saturated heterocycles. The lowest BCUT2D eigenvalue weighted by Crippen LogP contribution is -2.45. The van der Waals surface area contributed by atoms with E-state index in [9.17, 15) is 23.6 Å². The zero-order valence-electron chi connectivity index (χ0n) is 23.3. The molecule has 1 aliphatic heterocycles. The van der Waals surface area contributed by atoms with E-state index < -0.39 is 17.9 Å². The number of nitrogens with zero attached hydrogens (tertiary/aromatic N) is 4. The van der Waals surface area contributed by atoms with E-state index in [1.807, 2.05) is 30.3 Å². The van der Waals surface area contributed by atoms with Crippen LogP contribution in [0.2, 0.25) is 5.02 Å². The molecule has 0 unspecified atom stereocenters. The van der Waals surface area contributed by atoms with Crippen LogP contribution in [0.5, 0.6) is 5.75 Å². The number of carbonyl (C=O) groups is 2. The molecule has 1 aromatic heterocycles. The maximum atomic E-state index is 13.3. The molecule has 2 heterocycles. The summed E-state index contributed by atoms with van der Waals surface area (Å²) in [6.07, 6.45) is 3.59. The highest BCUT2D eigenvalue weighted by molar-refractivity contribution is 6.31. The monoisotopic (exact) mass is 609 g/mol. The number of anilines is 1. The number of amides is 2. The Balaban J connectivity index is 1.63. The van der Waals surface area contributed by atoms with E-state index in [0.717, 1.165) is 5.56 Å². The summed E-state index contributed by atoms with van der Waals surface area (Å²) in [5, 5.41) is 20.0. The van der Waals surface area contributed by atoms with Crippen molar-refractivity contribution in [1.29, 1.82) is 5.26 Å². The number of likely N-dealkylation sites (tertiary alicyclic amines) is 1. The molecule has 4 rings (SSSR count). The third kappa shape index (κ3) is 6.95. The lowest BCUT2D eigenvalue weighted by atomic mass is 9.74. The number of alkyl halides is 2. The van der Waals surface area contributed by atoms with Gasteiger partial charge in [-0.25, -0.2) is 0 Å². The molecule has 13 heteroatoms. The molecule has 1 aliphatic rings. The Kier molecular flexibility index (Phi) is 9.67. The quantitative estimate of drug-likeness (QED) is 0.229. The zero-order valence-corrected chi connectivity index (χ0v) is 24.1. The predicted molar refractivity (Wildman–Crippen MR) is 158 cm³/mol. The van der Waals surface area contributed by atoms with Crippen LogP contribution in [0.1, 0.15) is 18.4 Å². The van der Waals surface area contributed by atoms with Gasteiger partial charge >= 0.3 is 6.61 Å².